The van der Waals surface area contributed by atoms with E-state index in [1.807, 2.05) is 0 Å². The number of hydrogen-bond acceptors (Lipinski definition) is 5. The van der Waals surface area contributed by atoms with E-state index >= 15 is 0 Å². The summed E-state index contributed by atoms with van der Waals surface area (Å²) in [6.45, 7) is 0. The van der Waals surface area contributed by atoms with Crippen molar-refractivity contribution in [2.45, 2.75) is 24.1 Å². The number of sulfonamides is 1. The quantitative estimate of drug-likeness (QED) is 0.655. The van der Waals surface area contributed by atoms with Crippen molar-refractivity contribution in [3.05, 3.63) is 52.8 Å². The first-order valence-electron chi connectivity index (χ1n) is 8.67. The van der Waals surface area contributed by atoms with E-state index in [9.17, 15) is 17.6 Å². The Balaban J connectivity index is 1.71. The predicted molar refractivity (Wildman–Crippen MR) is 107 cm³/mol. The van der Waals surface area contributed by atoms with E-state index < -0.39 is 33.0 Å². The Hall–Kier alpha value is -2.36. The molecule has 7 nitrogen and oxygen atoms in total. The van der Waals surface area contributed by atoms with Crippen LogP contribution >= 0.6 is 11.6 Å². The molecule has 2 aromatic rings. The van der Waals surface area contributed by atoms with Crippen molar-refractivity contribution in [1.29, 1.82) is 0 Å². The summed E-state index contributed by atoms with van der Waals surface area (Å²) in [5, 5.41) is 2.85. The first-order valence-corrected chi connectivity index (χ1v) is 10.7. The van der Waals surface area contributed by atoms with Crippen LogP contribution in [-0.2, 0) is 20.6 Å². The Morgan fingerprint density at radius 3 is 2.41 bits per heavy atom. The highest BCUT2D eigenvalue weighted by molar-refractivity contribution is 7.88. The molecule has 0 aliphatic heterocycles. The molecule has 10 heteroatoms. The van der Waals surface area contributed by atoms with Gasteiger partial charge in [-0.15, -0.1) is 0 Å². The zero-order chi connectivity index (χ0) is 21.2. The summed E-state index contributed by atoms with van der Waals surface area (Å²) in [5.74, 6) is -0.889. The van der Waals surface area contributed by atoms with Crippen molar-refractivity contribution < 1.29 is 27.1 Å². The minimum Gasteiger partial charge on any atom is -0.493 e. The van der Waals surface area contributed by atoms with Gasteiger partial charge < -0.3 is 14.8 Å². The number of carbonyl (C=O) groups excluding carboxylic acids is 1. The van der Waals surface area contributed by atoms with Crippen LogP contribution in [0.25, 0.3) is 0 Å². The second-order valence-electron chi connectivity index (χ2n) is 6.70. The number of nitrogens with one attached hydrogen (secondary N) is 2. The molecule has 0 heterocycles. The molecule has 0 spiro atoms. The summed E-state index contributed by atoms with van der Waals surface area (Å²) in [6.07, 6.45) is 0.683. The lowest BCUT2D eigenvalue weighted by Crippen LogP contribution is -2.46. The van der Waals surface area contributed by atoms with Gasteiger partial charge in [0.1, 0.15) is 11.4 Å². The van der Waals surface area contributed by atoms with Crippen molar-refractivity contribution in [3.63, 3.8) is 0 Å². The monoisotopic (exact) mass is 442 g/mol. The summed E-state index contributed by atoms with van der Waals surface area (Å²) < 4.78 is 51.7. The maximum Gasteiger partial charge on any atom is 0.245 e. The standard InChI is InChI=1S/C19H20ClFN2O5S/c1-27-16-6-5-14(10-17(16)28-2)22-18(24)19(7-8-19)23-29(25,26)11-12-3-4-13(20)9-15(12)21/h3-6,9-10,23H,7-8,11H2,1-2H3,(H,22,24). The number of amides is 1. The van der Waals surface area contributed by atoms with Crippen molar-refractivity contribution in [1.82, 2.24) is 4.72 Å². The Bertz CT molecular complexity index is 1040. The van der Waals surface area contributed by atoms with Gasteiger partial charge in [0, 0.05) is 22.3 Å². The third-order valence-electron chi connectivity index (χ3n) is 4.54. The van der Waals surface area contributed by atoms with Crippen molar-refractivity contribution in [3.8, 4) is 11.5 Å². The highest BCUT2D eigenvalue weighted by Gasteiger charge is 2.52. The zero-order valence-electron chi connectivity index (χ0n) is 15.8. The van der Waals surface area contributed by atoms with Crippen LogP contribution in [0.4, 0.5) is 10.1 Å². The molecule has 156 valence electrons. The minimum absolute atomic E-state index is 0.0296. The van der Waals surface area contributed by atoms with Gasteiger partial charge in [-0.1, -0.05) is 17.7 Å². The van der Waals surface area contributed by atoms with E-state index in [1.165, 1.54) is 26.4 Å². The van der Waals surface area contributed by atoms with Crippen LogP contribution in [0.2, 0.25) is 5.02 Å². The van der Waals surface area contributed by atoms with Gasteiger partial charge in [-0.2, -0.15) is 4.72 Å². The molecule has 3 rings (SSSR count). The zero-order valence-corrected chi connectivity index (χ0v) is 17.4. The lowest BCUT2D eigenvalue weighted by atomic mass is 10.2. The second kappa shape index (κ2) is 8.17. The van der Waals surface area contributed by atoms with Crippen LogP contribution in [0.3, 0.4) is 0 Å². The molecule has 1 aliphatic rings. The molecule has 1 aliphatic carbocycles. The molecule has 0 radical (unpaired) electrons. The maximum absolute atomic E-state index is 13.9. The number of carbonyl (C=O) groups is 1. The van der Waals surface area contributed by atoms with Gasteiger partial charge in [0.05, 0.1) is 20.0 Å². The average molecular weight is 443 g/mol. The number of anilines is 1. The Kier molecular flexibility index (Phi) is 6.02. The van der Waals surface area contributed by atoms with Crippen LogP contribution in [0.1, 0.15) is 18.4 Å². The number of halogens is 2. The molecule has 1 saturated carbocycles. The highest BCUT2D eigenvalue weighted by Crippen LogP contribution is 2.38. The summed E-state index contributed by atoms with van der Waals surface area (Å²) in [6, 6.07) is 8.58. The normalized spacial score (nSPS) is 14.9. The van der Waals surface area contributed by atoms with Gasteiger partial charge >= 0.3 is 0 Å². The van der Waals surface area contributed by atoms with Gasteiger partial charge in [-0.05, 0) is 37.1 Å². The van der Waals surface area contributed by atoms with Crippen LogP contribution in [0.5, 0.6) is 11.5 Å². The van der Waals surface area contributed by atoms with Gasteiger partial charge in [0.15, 0.2) is 11.5 Å². The van der Waals surface area contributed by atoms with Gasteiger partial charge in [-0.25, -0.2) is 12.8 Å². The van der Waals surface area contributed by atoms with E-state index in [0.717, 1.165) is 6.07 Å². The summed E-state index contributed by atoms with van der Waals surface area (Å²) in [7, 11) is -1.00. The molecule has 2 aromatic carbocycles. The first-order chi connectivity index (χ1) is 13.7. The Morgan fingerprint density at radius 2 is 1.83 bits per heavy atom. The van der Waals surface area contributed by atoms with E-state index in [2.05, 4.69) is 10.0 Å². The first kappa shape index (κ1) is 21.4. The third kappa shape index (κ3) is 4.98. The molecule has 0 atom stereocenters. The lowest BCUT2D eigenvalue weighted by molar-refractivity contribution is -0.118. The topological polar surface area (TPSA) is 93.7 Å². The molecule has 0 aromatic heterocycles. The van der Waals surface area contributed by atoms with E-state index in [-0.39, 0.29) is 10.6 Å². The summed E-state index contributed by atoms with van der Waals surface area (Å²) >= 11 is 5.69. The van der Waals surface area contributed by atoms with Crippen molar-refractivity contribution >= 4 is 33.2 Å². The highest BCUT2D eigenvalue weighted by atomic mass is 35.5. The number of rotatable bonds is 8. The molecule has 0 saturated heterocycles. The summed E-state index contributed by atoms with van der Waals surface area (Å²) in [5.41, 5.74) is -0.852. The fourth-order valence-electron chi connectivity index (χ4n) is 2.84. The Morgan fingerprint density at radius 1 is 1.14 bits per heavy atom. The fourth-order valence-corrected chi connectivity index (χ4v) is 4.61. The van der Waals surface area contributed by atoms with Crippen LogP contribution in [-0.4, -0.2) is 34.1 Å². The molecule has 2 N–H and O–H groups in total. The number of ether oxygens (including phenoxy) is 2. The second-order valence-corrected chi connectivity index (χ2v) is 8.86. The number of benzene rings is 2. The van der Waals surface area contributed by atoms with Gasteiger partial charge in [0.25, 0.3) is 0 Å². The van der Waals surface area contributed by atoms with Crippen LogP contribution in [0, 0.1) is 5.82 Å². The molecule has 1 fully saturated rings. The minimum atomic E-state index is -3.96. The van der Waals surface area contributed by atoms with E-state index in [1.54, 1.807) is 18.2 Å². The molecule has 1 amide bonds. The molecule has 0 unspecified atom stereocenters. The predicted octanol–water partition coefficient (Wildman–Crippen LogP) is 3.09. The lowest BCUT2D eigenvalue weighted by Gasteiger charge is -2.18. The van der Waals surface area contributed by atoms with Crippen LogP contribution in [0.15, 0.2) is 36.4 Å². The molecule has 0 bridgehead atoms. The summed E-state index contributed by atoms with van der Waals surface area (Å²) in [4.78, 5) is 12.7. The van der Waals surface area contributed by atoms with E-state index in [4.69, 9.17) is 21.1 Å². The number of methoxy groups -OCH3 is 2. The smallest absolute Gasteiger partial charge is 0.245 e. The van der Waals surface area contributed by atoms with E-state index in [0.29, 0.717) is 30.0 Å². The molecular weight excluding hydrogens is 423 g/mol. The van der Waals surface area contributed by atoms with Crippen molar-refractivity contribution in [2.75, 3.05) is 19.5 Å². The molecule has 29 heavy (non-hydrogen) atoms. The fraction of sp³-hybridized carbons (Fsp3) is 0.316. The third-order valence-corrected chi connectivity index (χ3v) is 6.17. The largest absolute Gasteiger partial charge is 0.493 e. The van der Waals surface area contributed by atoms with Gasteiger partial charge in [-0.3, -0.25) is 4.79 Å². The van der Waals surface area contributed by atoms with Gasteiger partial charge in [0.2, 0.25) is 15.9 Å². The Labute approximate surface area is 173 Å². The molecular formula is C19H20ClFN2O5S. The maximum atomic E-state index is 13.9. The number of hydrogen-bond donors (Lipinski definition) is 2. The van der Waals surface area contributed by atoms with Crippen LogP contribution < -0.4 is 19.5 Å². The SMILES string of the molecule is COc1ccc(NC(=O)C2(NS(=O)(=O)Cc3ccc(Cl)cc3F)CC2)cc1OC. The average Bonchev–Trinajstić information content (AvgIpc) is 3.44. The van der Waals surface area contributed by atoms with Crippen molar-refractivity contribution in [2.24, 2.45) is 0 Å².